The van der Waals surface area contributed by atoms with Gasteiger partial charge in [0, 0.05) is 12.1 Å². The zero-order valence-electron chi connectivity index (χ0n) is 10.5. The van der Waals surface area contributed by atoms with Crippen LogP contribution in [0.1, 0.15) is 32.1 Å². The fourth-order valence-electron chi connectivity index (χ4n) is 2.18. The van der Waals surface area contributed by atoms with Crippen LogP contribution in [0, 0.1) is 0 Å². The molecule has 0 heterocycles. The Morgan fingerprint density at radius 1 is 1.27 bits per heavy atom. The second kappa shape index (κ2) is 6.77. The number of thioether (sulfide) groups is 1. The van der Waals surface area contributed by atoms with Gasteiger partial charge >= 0.3 is 0 Å². The third kappa shape index (κ3) is 3.97. The van der Waals surface area contributed by atoms with Crippen molar-refractivity contribution >= 4 is 11.8 Å². The Hall–Kier alpha value is 0.270. The van der Waals surface area contributed by atoms with E-state index < -0.39 is 0 Å². The molecule has 0 amide bonds. The van der Waals surface area contributed by atoms with Crippen molar-refractivity contribution in [3.8, 4) is 0 Å². The maximum Gasteiger partial charge on any atom is 0.0327 e. The number of hydrogen-bond acceptors (Lipinski definition) is 3. The molecule has 3 heteroatoms. The van der Waals surface area contributed by atoms with Crippen molar-refractivity contribution in [2.75, 3.05) is 39.2 Å². The van der Waals surface area contributed by atoms with Crippen LogP contribution in [0.2, 0.25) is 0 Å². The van der Waals surface area contributed by atoms with Crippen molar-refractivity contribution in [3.05, 3.63) is 0 Å². The first-order valence-corrected chi connectivity index (χ1v) is 7.48. The van der Waals surface area contributed by atoms with Crippen LogP contribution < -0.4 is 5.32 Å². The van der Waals surface area contributed by atoms with Crippen LogP contribution in [-0.2, 0) is 0 Å². The summed E-state index contributed by atoms with van der Waals surface area (Å²) in [7, 11) is 4.43. The third-order valence-corrected chi connectivity index (χ3v) is 4.34. The van der Waals surface area contributed by atoms with Crippen molar-refractivity contribution in [2.45, 2.75) is 37.6 Å². The molecule has 1 N–H and O–H groups in total. The zero-order valence-corrected chi connectivity index (χ0v) is 11.3. The maximum atomic E-state index is 3.62. The van der Waals surface area contributed by atoms with E-state index in [1.807, 2.05) is 11.8 Å². The van der Waals surface area contributed by atoms with Gasteiger partial charge in [-0.05, 0) is 64.8 Å². The quantitative estimate of drug-likeness (QED) is 0.644. The molecule has 0 radical (unpaired) electrons. The number of nitrogens with zero attached hydrogens (tertiary/aromatic N) is 1. The van der Waals surface area contributed by atoms with E-state index in [1.54, 1.807) is 0 Å². The van der Waals surface area contributed by atoms with E-state index in [9.17, 15) is 0 Å². The van der Waals surface area contributed by atoms with Crippen molar-refractivity contribution < 1.29 is 0 Å². The maximum absolute atomic E-state index is 3.62. The van der Waals surface area contributed by atoms with Crippen LogP contribution >= 0.6 is 11.8 Å². The lowest BCUT2D eigenvalue weighted by Crippen LogP contribution is -2.56. The first kappa shape index (κ1) is 13.3. The van der Waals surface area contributed by atoms with Crippen molar-refractivity contribution in [3.63, 3.8) is 0 Å². The van der Waals surface area contributed by atoms with E-state index >= 15 is 0 Å². The van der Waals surface area contributed by atoms with Crippen molar-refractivity contribution in [1.82, 2.24) is 10.2 Å². The van der Waals surface area contributed by atoms with Gasteiger partial charge in [-0.3, -0.25) is 0 Å². The number of rotatable bonds is 8. The summed E-state index contributed by atoms with van der Waals surface area (Å²) in [5.41, 5.74) is 0.486. The minimum absolute atomic E-state index is 0.486. The molecule has 1 saturated carbocycles. The van der Waals surface area contributed by atoms with Gasteiger partial charge in [0.15, 0.2) is 0 Å². The van der Waals surface area contributed by atoms with Gasteiger partial charge in [-0.15, -0.1) is 0 Å². The van der Waals surface area contributed by atoms with Gasteiger partial charge < -0.3 is 10.2 Å². The summed E-state index contributed by atoms with van der Waals surface area (Å²) in [5.74, 6) is 1.31. The third-order valence-electron chi connectivity index (χ3n) is 3.64. The molecule has 0 bridgehead atoms. The molecule has 0 aromatic heterocycles. The summed E-state index contributed by atoms with van der Waals surface area (Å²) in [6.45, 7) is 2.37. The van der Waals surface area contributed by atoms with Crippen molar-refractivity contribution in [1.29, 1.82) is 0 Å². The van der Waals surface area contributed by atoms with Crippen LogP contribution in [0.25, 0.3) is 0 Å². The lowest BCUT2D eigenvalue weighted by atomic mass is 9.75. The van der Waals surface area contributed by atoms with Gasteiger partial charge in [0.2, 0.25) is 0 Å². The van der Waals surface area contributed by atoms with E-state index in [-0.39, 0.29) is 0 Å². The molecule has 2 nitrogen and oxygen atoms in total. The van der Waals surface area contributed by atoms with E-state index in [2.05, 4.69) is 30.6 Å². The summed E-state index contributed by atoms with van der Waals surface area (Å²) in [6.07, 6.45) is 9.01. The average molecular weight is 230 g/mol. The monoisotopic (exact) mass is 230 g/mol. The van der Waals surface area contributed by atoms with Gasteiger partial charge in [-0.2, -0.15) is 11.8 Å². The molecule has 0 aromatic carbocycles. The Bertz CT molecular complexity index is 167. The van der Waals surface area contributed by atoms with Crippen LogP contribution in [-0.4, -0.2) is 49.6 Å². The largest absolute Gasteiger partial charge is 0.315 e. The van der Waals surface area contributed by atoms with Crippen LogP contribution in [0.4, 0.5) is 0 Å². The standard InChI is InChI=1S/C12H26N2S/c1-14(2)12(7-6-8-12)11-13-9-4-5-10-15-3/h13H,4-11H2,1-3H3. The summed E-state index contributed by atoms with van der Waals surface area (Å²) in [5, 5.41) is 3.62. The van der Waals surface area contributed by atoms with Gasteiger partial charge in [0.25, 0.3) is 0 Å². The summed E-state index contributed by atoms with van der Waals surface area (Å²) < 4.78 is 0. The van der Waals surface area contributed by atoms with E-state index in [0.717, 1.165) is 0 Å². The molecule has 0 spiro atoms. The molecule has 0 unspecified atom stereocenters. The number of likely N-dealkylation sites (N-methyl/N-ethyl adjacent to an activating group) is 1. The molecule has 1 fully saturated rings. The highest BCUT2D eigenvalue weighted by Gasteiger charge is 2.38. The molecule has 1 aliphatic carbocycles. The highest BCUT2D eigenvalue weighted by Crippen LogP contribution is 2.35. The molecule has 0 saturated heterocycles. The highest BCUT2D eigenvalue weighted by atomic mass is 32.2. The Kier molecular flexibility index (Phi) is 6.02. The van der Waals surface area contributed by atoms with Crippen molar-refractivity contribution in [2.24, 2.45) is 0 Å². The highest BCUT2D eigenvalue weighted by molar-refractivity contribution is 7.98. The number of nitrogens with one attached hydrogen (secondary N) is 1. The van der Waals surface area contributed by atoms with Gasteiger partial charge in [0.05, 0.1) is 0 Å². The Labute approximate surface area is 99.2 Å². The minimum Gasteiger partial charge on any atom is -0.315 e. The summed E-state index contributed by atoms with van der Waals surface area (Å²) in [4.78, 5) is 2.41. The van der Waals surface area contributed by atoms with Crippen LogP contribution in [0.15, 0.2) is 0 Å². The van der Waals surface area contributed by atoms with Gasteiger partial charge in [-0.25, -0.2) is 0 Å². The van der Waals surface area contributed by atoms with Crippen LogP contribution in [0.3, 0.4) is 0 Å². The topological polar surface area (TPSA) is 15.3 Å². The first-order chi connectivity index (χ1) is 7.21. The first-order valence-electron chi connectivity index (χ1n) is 6.08. The minimum atomic E-state index is 0.486. The molecule has 90 valence electrons. The molecule has 1 aliphatic rings. The molecule has 1 rings (SSSR count). The van der Waals surface area contributed by atoms with Gasteiger partial charge in [0.1, 0.15) is 0 Å². The zero-order chi connectivity index (χ0) is 11.1. The molecule has 0 aromatic rings. The fraction of sp³-hybridized carbons (Fsp3) is 1.00. The average Bonchev–Trinajstić information content (AvgIpc) is 2.13. The smallest absolute Gasteiger partial charge is 0.0327 e. The molecular weight excluding hydrogens is 204 g/mol. The van der Waals surface area contributed by atoms with Gasteiger partial charge in [-0.1, -0.05) is 0 Å². The number of hydrogen-bond donors (Lipinski definition) is 1. The Morgan fingerprint density at radius 2 is 2.00 bits per heavy atom. The fourth-order valence-corrected chi connectivity index (χ4v) is 2.68. The second-order valence-corrected chi connectivity index (χ2v) is 5.83. The molecule has 0 atom stereocenters. The second-order valence-electron chi connectivity index (χ2n) is 4.85. The Morgan fingerprint density at radius 3 is 2.47 bits per heavy atom. The van der Waals surface area contributed by atoms with Crippen LogP contribution in [0.5, 0.6) is 0 Å². The lowest BCUT2D eigenvalue weighted by molar-refractivity contribution is 0.0602. The van der Waals surface area contributed by atoms with E-state index in [1.165, 1.54) is 50.9 Å². The van der Waals surface area contributed by atoms with E-state index in [0.29, 0.717) is 5.54 Å². The Balaban J connectivity index is 2.03. The molecule has 0 aliphatic heterocycles. The number of unbranched alkanes of at least 4 members (excludes halogenated alkanes) is 1. The van der Waals surface area contributed by atoms with E-state index in [4.69, 9.17) is 0 Å². The normalized spacial score (nSPS) is 19.2. The predicted molar refractivity (Wildman–Crippen MR) is 70.8 cm³/mol. The summed E-state index contributed by atoms with van der Waals surface area (Å²) >= 11 is 1.95. The summed E-state index contributed by atoms with van der Waals surface area (Å²) in [6, 6.07) is 0. The molecule has 15 heavy (non-hydrogen) atoms. The lowest BCUT2D eigenvalue weighted by Gasteiger charge is -2.47. The molecular formula is C12H26N2S. The predicted octanol–water partition coefficient (Wildman–Crippen LogP) is 2.20. The SMILES string of the molecule is CSCCCCNCC1(N(C)C)CCC1.